The summed E-state index contributed by atoms with van der Waals surface area (Å²) in [4.78, 5) is 15.7. The summed E-state index contributed by atoms with van der Waals surface area (Å²) in [6.07, 6.45) is -4.77. The molecule has 0 aliphatic carbocycles. The van der Waals surface area contributed by atoms with E-state index in [1.807, 2.05) is 0 Å². The van der Waals surface area contributed by atoms with Gasteiger partial charge in [0, 0.05) is 4.90 Å². The van der Waals surface area contributed by atoms with Crippen molar-refractivity contribution in [1.82, 2.24) is 4.90 Å². The summed E-state index contributed by atoms with van der Waals surface area (Å²) in [5.74, 6) is -0.436. The van der Waals surface area contributed by atoms with Crippen LogP contribution in [0, 0.1) is 22.6 Å². The van der Waals surface area contributed by atoms with Gasteiger partial charge in [0.1, 0.15) is 11.7 Å². The molecule has 1 aliphatic rings. The minimum absolute atomic E-state index is 0.132. The van der Waals surface area contributed by atoms with Crippen molar-refractivity contribution in [2.75, 3.05) is 10.8 Å². The number of nitrogens with one attached hydrogen (secondary N) is 1. The number of nitriles is 1. The average molecular weight is 422 g/mol. The average Bonchev–Trinajstić information content (AvgIpc) is 2.89. The monoisotopic (exact) mass is 422 g/mol. The van der Waals surface area contributed by atoms with E-state index in [1.54, 1.807) is 19.1 Å². The predicted molar refractivity (Wildman–Crippen MR) is 100 cm³/mol. The minimum atomic E-state index is -4.77. The van der Waals surface area contributed by atoms with Crippen LogP contribution in [0.2, 0.25) is 0 Å². The van der Waals surface area contributed by atoms with Crippen LogP contribution in [0.3, 0.4) is 0 Å². The fourth-order valence-corrected chi connectivity index (χ4v) is 3.78. The lowest BCUT2D eigenvalue weighted by molar-refractivity contribution is -0.137. The topological polar surface area (TPSA) is 71.2 Å². The fraction of sp³-hybridized carbons (Fsp3) is 0.211. The van der Waals surface area contributed by atoms with Crippen molar-refractivity contribution >= 4 is 29.3 Å². The smallest absolute Gasteiger partial charge is 0.305 e. The molecule has 2 amide bonds. The van der Waals surface area contributed by atoms with E-state index in [1.165, 1.54) is 40.9 Å². The van der Waals surface area contributed by atoms with E-state index in [0.717, 1.165) is 11.0 Å². The Morgan fingerprint density at radius 3 is 2.45 bits per heavy atom. The Hall–Kier alpha value is -3.06. The number of hydrogen-bond acceptors (Lipinski definition) is 4. The number of amidine groups is 1. The standard InChI is InChI=1S/C19H14F4N4OS/c1-11-17(25)27(14-5-2-12(9-24)16(8-14)19(21,22)23)18(28)26(11)10-29-15-6-3-13(20)4-7-15/h2-8,11,25H,10H2,1H3. The van der Waals surface area contributed by atoms with Crippen LogP contribution in [-0.4, -0.2) is 28.7 Å². The molecule has 1 fully saturated rings. The zero-order valence-electron chi connectivity index (χ0n) is 15.0. The SMILES string of the molecule is CC1C(=N)N(c2ccc(C#N)c(C(F)(F)F)c2)C(=O)N1CSc1ccc(F)cc1. The molecule has 0 radical (unpaired) electrons. The zero-order chi connectivity index (χ0) is 21.3. The van der Waals surface area contributed by atoms with Gasteiger partial charge in [-0.05, 0) is 49.4 Å². The number of alkyl halides is 3. The molecule has 1 heterocycles. The first-order valence-electron chi connectivity index (χ1n) is 8.32. The maximum absolute atomic E-state index is 13.2. The van der Waals surface area contributed by atoms with E-state index in [-0.39, 0.29) is 17.4 Å². The summed E-state index contributed by atoms with van der Waals surface area (Å²) in [7, 11) is 0. The number of hydrogen-bond donors (Lipinski definition) is 1. The van der Waals surface area contributed by atoms with Crippen molar-refractivity contribution in [3.05, 3.63) is 59.4 Å². The van der Waals surface area contributed by atoms with Crippen LogP contribution in [0.25, 0.3) is 0 Å². The van der Waals surface area contributed by atoms with E-state index in [0.29, 0.717) is 11.0 Å². The Kier molecular flexibility index (Phi) is 5.53. The molecule has 0 aromatic heterocycles. The van der Waals surface area contributed by atoms with Crippen LogP contribution >= 0.6 is 11.8 Å². The molecule has 150 valence electrons. The molecule has 5 nitrogen and oxygen atoms in total. The maximum Gasteiger partial charge on any atom is 0.417 e. The van der Waals surface area contributed by atoms with E-state index in [9.17, 15) is 22.4 Å². The van der Waals surface area contributed by atoms with Gasteiger partial charge in [-0.25, -0.2) is 14.1 Å². The first-order chi connectivity index (χ1) is 13.6. The van der Waals surface area contributed by atoms with E-state index in [2.05, 4.69) is 0 Å². The van der Waals surface area contributed by atoms with Gasteiger partial charge in [-0.3, -0.25) is 5.41 Å². The van der Waals surface area contributed by atoms with Gasteiger partial charge in [-0.1, -0.05) is 0 Å². The second kappa shape index (κ2) is 7.75. The minimum Gasteiger partial charge on any atom is -0.305 e. The Morgan fingerprint density at radius 2 is 1.86 bits per heavy atom. The van der Waals surface area contributed by atoms with Gasteiger partial charge in [0.05, 0.1) is 34.8 Å². The molecule has 3 rings (SSSR count). The van der Waals surface area contributed by atoms with Crippen molar-refractivity contribution in [2.24, 2.45) is 0 Å². The van der Waals surface area contributed by atoms with Crippen molar-refractivity contribution < 1.29 is 22.4 Å². The number of nitrogens with zero attached hydrogens (tertiary/aromatic N) is 3. The summed E-state index contributed by atoms with van der Waals surface area (Å²) >= 11 is 1.24. The zero-order valence-corrected chi connectivity index (χ0v) is 15.8. The quantitative estimate of drug-likeness (QED) is 0.552. The van der Waals surface area contributed by atoms with Gasteiger partial charge in [-0.2, -0.15) is 18.4 Å². The van der Waals surface area contributed by atoms with Gasteiger partial charge >= 0.3 is 12.2 Å². The molecule has 1 aliphatic heterocycles. The highest BCUT2D eigenvalue weighted by molar-refractivity contribution is 7.99. The van der Waals surface area contributed by atoms with Crippen LogP contribution in [0.4, 0.5) is 28.0 Å². The largest absolute Gasteiger partial charge is 0.417 e. The third-order valence-corrected chi connectivity index (χ3v) is 5.43. The van der Waals surface area contributed by atoms with Crippen LogP contribution < -0.4 is 4.90 Å². The third-order valence-electron chi connectivity index (χ3n) is 4.41. The Labute approximate surface area is 168 Å². The van der Waals surface area contributed by atoms with Gasteiger partial charge in [0.15, 0.2) is 0 Å². The summed E-state index contributed by atoms with van der Waals surface area (Å²) in [5.41, 5.74) is -1.85. The van der Waals surface area contributed by atoms with E-state index >= 15 is 0 Å². The number of thioether (sulfide) groups is 1. The number of carbonyl (C=O) groups excluding carboxylic acids is 1. The highest BCUT2D eigenvalue weighted by Gasteiger charge is 2.42. The van der Waals surface area contributed by atoms with Crippen LogP contribution in [0.15, 0.2) is 47.4 Å². The molecule has 1 atom stereocenters. The number of halogens is 4. The first kappa shape index (κ1) is 20.7. The van der Waals surface area contributed by atoms with Crippen molar-refractivity contribution in [2.45, 2.75) is 24.0 Å². The molecular formula is C19H14F4N4OS. The third kappa shape index (κ3) is 4.05. The number of carbonyl (C=O) groups is 1. The molecule has 2 aromatic rings. The number of benzene rings is 2. The van der Waals surface area contributed by atoms with Crippen LogP contribution in [0.1, 0.15) is 18.1 Å². The molecule has 0 saturated carbocycles. The van der Waals surface area contributed by atoms with Crippen molar-refractivity contribution in [3.8, 4) is 6.07 Å². The van der Waals surface area contributed by atoms with E-state index < -0.39 is 35.2 Å². The highest BCUT2D eigenvalue weighted by atomic mass is 32.2. The predicted octanol–water partition coefficient (Wildman–Crippen LogP) is 5.07. The molecule has 1 saturated heterocycles. The maximum atomic E-state index is 13.2. The molecule has 2 aromatic carbocycles. The van der Waals surface area contributed by atoms with Gasteiger partial charge in [-0.15, -0.1) is 11.8 Å². The molecule has 29 heavy (non-hydrogen) atoms. The normalized spacial score (nSPS) is 17.0. The van der Waals surface area contributed by atoms with Gasteiger partial charge in [0.25, 0.3) is 0 Å². The highest BCUT2D eigenvalue weighted by Crippen LogP contribution is 2.36. The molecule has 10 heteroatoms. The van der Waals surface area contributed by atoms with E-state index in [4.69, 9.17) is 10.7 Å². The lowest BCUT2D eigenvalue weighted by Crippen LogP contribution is -2.33. The fourth-order valence-electron chi connectivity index (χ4n) is 2.83. The summed E-state index contributed by atoms with van der Waals surface area (Å²) < 4.78 is 52.7. The molecular weight excluding hydrogens is 408 g/mol. The van der Waals surface area contributed by atoms with Crippen molar-refractivity contribution in [3.63, 3.8) is 0 Å². The Bertz CT molecular complexity index is 1000. The molecule has 0 bridgehead atoms. The lowest BCUT2D eigenvalue weighted by atomic mass is 10.1. The number of amides is 2. The Morgan fingerprint density at radius 1 is 1.21 bits per heavy atom. The summed E-state index contributed by atoms with van der Waals surface area (Å²) in [5, 5.41) is 17.1. The Balaban J connectivity index is 1.86. The van der Waals surface area contributed by atoms with Crippen molar-refractivity contribution in [1.29, 1.82) is 10.7 Å². The van der Waals surface area contributed by atoms with Gasteiger partial charge in [0.2, 0.25) is 0 Å². The van der Waals surface area contributed by atoms with Crippen LogP contribution in [0.5, 0.6) is 0 Å². The second-order valence-electron chi connectivity index (χ2n) is 6.22. The van der Waals surface area contributed by atoms with Crippen LogP contribution in [-0.2, 0) is 6.18 Å². The van der Waals surface area contributed by atoms with Gasteiger partial charge < -0.3 is 4.90 Å². The summed E-state index contributed by atoms with van der Waals surface area (Å²) in [6.45, 7) is 1.60. The molecule has 0 spiro atoms. The first-order valence-corrected chi connectivity index (χ1v) is 9.31. The summed E-state index contributed by atoms with van der Waals surface area (Å²) in [6, 6.07) is 8.73. The number of anilines is 1. The lowest BCUT2D eigenvalue weighted by Gasteiger charge is -2.20. The molecule has 1 N–H and O–H groups in total. The second-order valence-corrected chi connectivity index (χ2v) is 7.23. The number of urea groups is 1. The molecule has 1 unspecified atom stereocenters. The number of rotatable bonds is 4.